The highest BCUT2D eigenvalue weighted by Crippen LogP contribution is 2.38. The maximum atomic E-state index is 15.0. The van der Waals surface area contributed by atoms with Crippen molar-refractivity contribution in [3.05, 3.63) is 88.8 Å². The summed E-state index contributed by atoms with van der Waals surface area (Å²) in [6, 6.07) is 10.3. The monoisotopic (exact) mass is 625 g/mol. The number of amides is 2. The van der Waals surface area contributed by atoms with Gasteiger partial charge in [-0.2, -0.15) is 13.2 Å². The molecule has 4 atom stereocenters. The van der Waals surface area contributed by atoms with Crippen LogP contribution >= 0.6 is 0 Å². The Morgan fingerprint density at radius 3 is 2.40 bits per heavy atom. The normalized spacial score (nSPS) is 24.4. The molecule has 3 aliphatic rings. The molecule has 2 aromatic rings. The molecule has 0 bridgehead atoms. The smallest absolute Gasteiger partial charge is 0.334 e. The van der Waals surface area contributed by atoms with E-state index in [4.69, 9.17) is 0 Å². The summed E-state index contributed by atoms with van der Waals surface area (Å²) in [7, 11) is 0. The standard InChI is InChI=1S/C36H43F4N3O2/c1-23-9-5-13-29(37)31(23)34(45)43-20-7-12-28(33(44)41-27-11-6-10-26(21-27)35(2,3)4)32(43)25-17-15-24(16-18-25)22-42-19-8-14-30(42)36(38,39)40/h5-6,9-11,13,15-17,21,25,28,30,32H,7-8,12,14,18-20,22H2,1-4H3,(H,41,44)/t25?,28?,30?,32-/m0/s1. The minimum absolute atomic E-state index is 0.00434. The Kier molecular flexibility index (Phi) is 9.59. The molecule has 45 heavy (non-hydrogen) atoms. The van der Waals surface area contributed by atoms with Crippen LogP contribution < -0.4 is 5.32 Å². The molecule has 9 heteroatoms. The summed E-state index contributed by atoms with van der Waals surface area (Å²) >= 11 is 0. The van der Waals surface area contributed by atoms with E-state index in [-0.39, 0.29) is 35.8 Å². The molecular weight excluding hydrogens is 582 g/mol. The van der Waals surface area contributed by atoms with Crippen LogP contribution in [0.15, 0.2) is 66.3 Å². The zero-order valence-electron chi connectivity index (χ0n) is 26.5. The Hall–Kier alpha value is -3.46. The maximum Gasteiger partial charge on any atom is 0.404 e. The average molecular weight is 626 g/mol. The number of benzene rings is 2. The number of hydrogen-bond donors (Lipinski definition) is 1. The first-order valence-electron chi connectivity index (χ1n) is 15.9. The van der Waals surface area contributed by atoms with Gasteiger partial charge in [0, 0.05) is 24.7 Å². The lowest BCUT2D eigenvalue weighted by Crippen LogP contribution is -2.55. The third-order valence-corrected chi connectivity index (χ3v) is 9.49. The Morgan fingerprint density at radius 1 is 1.00 bits per heavy atom. The summed E-state index contributed by atoms with van der Waals surface area (Å²) in [6.45, 7) is 8.97. The van der Waals surface area contributed by atoms with E-state index < -0.39 is 35.9 Å². The first-order chi connectivity index (χ1) is 21.2. The van der Waals surface area contributed by atoms with Crippen LogP contribution in [0, 0.1) is 24.6 Å². The van der Waals surface area contributed by atoms with Crippen LogP contribution in [-0.4, -0.2) is 59.5 Å². The quantitative estimate of drug-likeness (QED) is 0.333. The highest BCUT2D eigenvalue weighted by atomic mass is 19.4. The SMILES string of the molecule is Cc1cccc(F)c1C(=O)N1CCCC(C(=O)Nc2cccc(C(C)(C)C)c2)[C@@H]1C1C=CC(CN2CCCC2C(F)(F)F)=CC1. The molecule has 3 unspecified atom stereocenters. The van der Waals surface area contributed by atoms with Crippen LogP contribution in [0.25, 0.3) is 0 Å². The van der Waals surface area contributed by atoms with Crippen molar-refractivity contribution >= 4 is 17.5 Å². The molecule has 0 spiro atoms. The van der Waals surface area contributed by atoms with Gasteiger partial charge >= 0.3 is 6.18 Å². The number of carbonyl (C=O) groups is 2. The molecule has 2 aliphatic heterocycles. The second-order valence-electron chi connectivity index (χ2n) is 13.7. The Bertz CT molecular complexity index is 1460. The van der Waals surface area contributed by atoms with Crippen LogP contribution in [0.1, 0.15) is 74.4 Å². The van der Waals surface area contributed by atoms with Gasteiger partial charge in [-0.3, -0.25) is 14.5 Å². The minimum atomic E-state index is -4.27. The number of likely N-dealkylation sites (tertiary alicyclic amines) is 2. The minimum Gasteiger partial charge on any atom is -0.334 e. The first kappa shape index (κ1) is 32.9. The van der Waals surface area contributed by atoms with Gasteiger partial charge < -0.3 is 10.2 Å². The van der Waals surface area contributed by atoms with Gasteiger partial charge in [0.2, 0.25) is 5.91 Å². The van der Waals surface area contributed by atoms with E-state index in [1.807, 2.05) is 42.5 Å². The first-order valence-corrected chi connectivity index (χ1v) is 15.9. The Balaban J connectivity index is 1.41. The predicted molar refractivity (Wildman–Crippen MR) is 168 cm³/mol. The summed E-state index contributed by atoms with van der Waals surface area (Å²) in [5.41, 5.74) is 2.96. The lowest BCUT2D eigenvalue weighted by atomic mass is 9.77. The lowest BCUT2D eigenvalue weighted by molar-refractivity contribution is -0.174. The zero-order valence-corrected chi connectivity index (χ0v) is 26.5. The third kappa shape index (κ3) is 7.35. The highest BCUT2D eigenvalue weighted by molar-refractivity contribution is 5.98. The summed E-state index contributed by atoms with van der Waals surface area (Å²) in [5.74, 6) is -2.08. The number of halogens is 4. The van der Waals surface area contributed by atoms with Crippen LogP contribution in [0.4, 0.5) is 23.2 Å². The molecule has 2 aromatic carbocycles. The number of allylic oxidation sites excluding steroid dienone is 1. The van der Waals surface area contributed by atoms with E-state index in [2.05, 4.69) is 26.1 Å². The van der Waals surface area contributed by atoms with Gasteiger partial charge in [-0.25, -0.2) is 4.39 Å². The zero-order chi connectivity index (χ0) is 32.5. The molecule has 2 amide bonds. The molecule has 0 aromatic heterocycles. The predicted octanol–water partition coefficient (Wildman–Crippen LogP) is 7.82. The number of aryl methyl sites for hydroxylation is 1. The molecule has 1 aliphatic carbocycles. The summed E-state index contributed by atoms with van der Waals surface area (Å²) in [5, 5.41) is 3.09. The van der Waals surface area contributed by atoms with Gasteiger partial charge in [-0.15, -0.1) is 0 Å². The fourth-order valence-electron chi connectivity index (χ4n) is 7.09. The van der Waals surface area contributed by atoms with Crippen LogP contribution in [0.2, 0.25) is 0 Å². The van der Waals surface area contributed by atoms with Gasteiger partial charge in [-0.1, -0.05) is 63.3 Å². The van der Waals surface area contributed by atoms with E-state index in [0.29, 0.717) is 50.0 Å². The molecule has 5 nitrogen and oxygen atoms in total. The number of rotatable bonds is 6. The van der Waals surface area contributed by atoms with Crippen molar-refractivity contribution in [3.8, 4) is 0 Å². The van der Waals surface area contributed by atoms with Crippen molar-refractivity contribution in [2.75, 3.05) is 25.0 Å². The van der Waals surface area contributed by atoms with Crippen molar-refractivity contribution in [2.24, 2.45) is 11.8 Å². The van der Waals surface area contributed by atoms with Crippen LogP contribution in [-0.2, 0) is 10.2 Å². The number of hydrogen-bond acceptors (Lipinski definition) is 3. The number of nitrogens with one attached hydrogen (secondary N) is 1. The number of alkyl halides is 3. The largest absolute Gasteiger partial charge is 0.404 e. The number of nitrogens with zero attached hydrogens (tertiary/aromatic N) is 2. The fraction of sp³-hybridized carbons (Fsp3) is 0.500. The molecular formula is C36H43F4N3O2. The van der Waals surface area contributed by atoms with E-state index in [0.717, 1.165) is 11.1 Å². The molecule has 1 N–H and O–H groups in total. The maximum absolute atomic E-state index is 15.0. The van der Waals surface area contributed by atoms with Gasteiger partial charge in [-0.05, 0) is 85.9 Å². The molecule has 5 rings (SSSR count). The van der Waals surface area contributed by atoms with E-state index in [1.165, 1.54) is 11.0 Å². The van der Waals surface area contributed by atoms with E-state index >= 15 is 4.39 Å². The van der Waals surface area contributed by atoms with Crippen molar-refractivity contribution in [1.82, 2.24) is 9.80 Å². The highest BCUT2D eigenvalue weighted by Gasteiger charge is 2.46. The van der Waals surface area contributed by atoms with E-state index in [1.54, 1.807) is 24.0 Å². The fourth-order valence-corrected chi connectivity index (χ4v) is 7.09. The number of anilines is 1. The van der Waals surface area contributed by atoms with E-state index in [9.17, 15) is 22.8 Å². The summed E-state index contributed by atoms with van der Waals surface area (Å²) in [4.78, 5) is 31.1. The van der Waals surface area contributed by atoms with Crippen molar-refractivity contribution in [2.45, 2.75) is 83.5 Å². The topological polar surface area (TPSA) is 52.7 Å². The lowest BCUT2D eigenvalue weighted by Gasteiger charge is -2.44. The second kappa shape index (κ2) is 13.1. The molecule has 0 radical (unpaired) electrons. The number of piperidine rings is 1. The van der Waals surface area contributed by atoms with Crippen molar-refractivity contribution in [1.29, 1.82) is 0 Å². The Morgan fingerprint density at radius 2 is 1.73 bits per heavy atom. The van der Waals surface area contributed by atoms with Crippen molar-refractivity contribution < 1.29 is 27.2 Å². The molecule has 2 saturated heterocycles. The van der Waals surface area contributed by atoms with Gasteiger partial charge in [0.25, 0.3) is 5.91 Å². The van der Waals surface area contributed by atoms with Crippen LogP contribution in [0.5, 0.6) is 0 Å². The second-order valence-corrected chi connectivity index (χ2v) is 13.7. The van der Waals surface area contributed by atoms with Gasteiger partial charge in [0.15, 0.2) is 0 Å². The number of carbonyl (C=O) groups excluding carboxylic acids is 2. The summed E-state index contributed by atoms with van der Waals surface area (Å²) < 4.78 is 55.7. The van der Waals surface area contributed by atoms with Gasteiger partial charge in [0.1, 0.15) is 11.9 Å². The summed E-state index contributed by atoms with van der Waals surface area (Å²) in [6.07, 6.45) is 3.65. The molecule has 2 heterocycles. The molecule has 2 fully saturated rings. The average Bonchev–Trinajstić information content (AvgIpc) is 3.46. The molecule has 242 valence electrons. The van der Waals surface area contributed by atoms with Crippen LogP contribution in [0.3, 0.4) is 0 Å². The van der Waals surface area contributed by atoms with Gasteiger partial charge in [0.05, 0.1) is 17.5 Å². The van der Waals surface area contributed by atoms with Crippen molar-refractivity contribution in [3.63, 3.8) is 0 Å². The Labute approximate surface area is 263 Å². The third-order valence-electron chi connectivity index (χ3n) is 9.49. The molecule has 0 saturated carbocycles.